The molecule has 7 nitrogen and oxygen atoms in total. The highest BCUT2D eigenvalue weighted by Crippen LogP contribution is 2.27. The second-order valence-electron chi connectivity index (χ2n) is 5.06. The van der Waals surface area contributed by atoms with E-state index in [0.29, 0.717) is 17.5 Å². The van der Waals surface area contributed by atoms with Gasteiger partial charge < -0.3 is 9.09 Å². The number of thiophene rings is 1. The summed E-state index contributed by atoms with van der Waals surface area (Å²) in [6.07, 6.45) is 3.50. The molecule has 0 amide bonds. The number of nitrogens with zero attached hydrogens (tertiary/aromatic N) is 6. The van der Waals surface area contributed by atoms with E-state index in [9.17, 15) is 0 Å². The summed E-state index contributed by atoms with van der Waals surface area (Å²) in [7, 11) is 0. The van der Waals surface area contributed by atoms with Crippen LogP contribution in [0.4, 0.5) is 0 Å². The molecule has 0 aliphatic rings. The van der Waals surface area contributed by atoms with Crippen molar-refractivity contribution in [2.45, 2.75) is 24.4 Å². The third kappa shape index (κ3) is 3.33. The van der Waals surface area contributed by atoms with Crippen molar-refractivity contribution in [2.24, 2.45) is 0 Å². The second-order valence-corrected chi connectivity index (χ2v) is 6.95. The molecule has 126 valence electrons. The molecular formula is C16H14N6OS2. The predicted octanol–water partition coefficient (Wildman–Crippen LogP) is 3.76. The number of hydrogen-bond donors (Lipinski definition) is 0. The lowest BCUT2D eigenvalue weighted by Crippen LogP contribution is -2.00. The number of aromatic nitrogens is 6. The molecule has 9 heteroatoms. The molecule has 4 rings (SSSR count). The molecule has 0 unspecified atom stereocenters. The van der Waals surface area contributed by atoms with E-state index in [1.54, 1.807) is 23.7 Å². The highest BCUT2D eigenvalue weighted by atomic mass is 32.2. The minimum Gasteiger partial charge on any atom is -0.338 e. The number of thioether (sulfide) groups is 1. The monoisotopic (exact) mass is 370 g/mol. The van der Waals surface area contributed by atoms with Gasteiger partial charge in [0.05, 0.1) is 10.6 Å². The molecule has 0 saturated carbocycles. The standard InChI is InChI=1S/C16H14N6OS2/c1-2-22-15(11-5-7-17-8-6-11)19-20-16(22)25-10-13-18-14(21-23-13)12-4-3-9-24-12/h3-9H,2,10H2,1H3. The van der Waals surface area contributed by atoms with E-state index in [1.165, 1.54) is 11.8 Å². The number of rotatable bonds is 6. The van der Waals surface area contributed by atoms with Crippen molar-refractivity contribution in [1.82, 2.24) is 29.9 Å². The Labute approximate surface area is 152 Å². The van der Waals surface area contributed by atoms with Gasteiger partial charge >= 0.3 is 0 Å². The normalized spacial score (nSPS) is 11.1. The van der Waals surface area contributed by atoms with Gasteiger partial charge in [-0.05, 0) is 30.5 Å². The fourth-order valence-corrected chi connectivity index (χ4v) is 3.83. The maximum Gasteiger partial charge on any atom is 0.237 e. The van der Waals surface area contributed by atoms with Crippen LogP contribution < -0.4 is 0 Å². The Morgan fingerprint density at radius 2 is 2.08 bits per heavy atom. The molecule has 0 bridgehead atoms. The molecule has 4 aromatic rings. The van der Waals surface area contributed by atoms with Gasteiger partial charge in [0, 0.05) is 24.5 Å². The number of pyridine rings is 1. The lowest BCUT2D eigenvalue weighted by Gasteiger charge is -2.06. The maximum absolute atomic E-state index is 5.33. The molecule has 0 aliphatic heterocycles. The average molecular weight is 370 g/mol. The fourth-order valence-electron chi connectivity index (χ4n) is 2.34. The minimum atomic E-state index is 0.548. The van der Waals surface area contributed by atoms with Gasteiger partial charge in [-0.2, -0.15) is 4.98 Å². The van der Waals surface area contributed by atoms with E-state index >= 15 is 0 Å². The Hall–Kier alpha value is -2.52. The van der Waals surface area contributed by atoms with Crippen LogP contribution in [0.2, 0.25) is 0 Å². The van der Waals surface area contributed by atoms with E-state index in [1.807, 2.05) is 29.6 Å². The van der Waals surface area contributed by atoms with E-state index in [-0.39, 0.29) is 0 Å². The van der Waals surface area contributed by atoms with Crippen LogP contribution in [0, 0.1) is 0 Å². The molecule has 25 heavy (non-hydrogen) atoms. The smallest absolute Gasteiger partial charge is 0.237 e. The zero-order valence-corrected chi connectivity index (χ0v) is 15.0. The summed E-state index contributed by atoms with van der Waals surface area (Å²) >= 11 is 3.12. The highest BCUT2D eigenvalue weighted by Gasteiger charge is 2.15. The molecule has 4 heterocycles. The molecule has 0 N–H and O–H groups in total. The van der Waals surface area contributed by atoms with Gasteiger partial charge in [0.1, 0.15) is 0 Å². The summed E-state index contributed by atoms with van der Waals surface area (Å²) < 4.78 is 7.40. The van der Waals surface area contributed by atoms with Gasteiger partial charge in [0.15, 0.2) is 11.0 Å². The van der Waals surface area contributed by atoms with Crippen LogP contribution in [0.25, 0.3) is 22.1 Å². The van der Waals surface area contributed by atoms with Crippen LogP contribution in [-0.2, 0) is 12.3 Å². The Balaban J connectivity index is 1.51. The quantitative estimate of drug-likeness (QED) is 0.478. The Kier molecular flexibility index (Phi) is 4.57. The molecule has 0 fully saturated rings. The SMILES string of the molecule is CCn1c(SCc2nc(-c3cccs3)no2)nnc1-c1ccncc1. The van der Waals surface area contributed by atoms with Crippen LogP contribution >= 0.6 is 23.1 Å². The van der Waals surface area contributed by atoms with Crippen LogP contribution in [0.15, 0.2) is 51.7 Å². The van der Waals surface area contributed by atoms with Crippen LogP contribution in [0.1, 0.15) is 12.8 Å². The van der Waals surface area contributed by atoms with Gasteiger partial charge in [-0.15, -0.1) is 21.5 Å². The summed E-state index contributed by atoms with van der Waals surface area (Å²) in [4.78, 5) is 9.47. The molecule has 0 spiro atoms. The van der Waals surface area contributed by atoms with Crippen molar-refractivity contribution in [3.8, 4) is 22.1 Å². The molecule has 0 aliphatic carbocycles. The van der Waals surface area contributed by atoms with Crippen LogP contribution in [0.5, 0.6) is 0 Å². The van der Waals surface area contributed by atoms with Crippen LogP contribution in [-0.4, -0.2) is 29.9 Å². The highest BCUT2D eigenvalue weighted by molar-refractivity contribution is 7.98. The first-order valence-corrected chi connectivity index (χ1v) is 9.54. The van der Waals surface area contributed by atoms with E-state index in [0.717, 1.165) is 28.0 Å². The van der Waals surface area contributed by atoms with Crippen molar-refractivity contribution in [1.29, 1.82) is 0 Å². The summed E-state index contributed by atoms with van der Waals surface area (Å²) in [5.41, 5.74) is 0.994. The molecule has 4 aromatic heterocycles. The lowest BCUT2D eigenvalue weighted by molar-refractivity contribution is 0.391. The fraction of sp³-hybridized carbons (Fsp3) is 0.188. The van der Waals surface area contributed by atoms with Gasteiger partial charge in [-0.3, -0.25) is 4.98 Å². The first-order valence-electron chi connectivity index (χ1n) is 7.68. The van der Waals surface area contributed by atoms with Gasteiger partial charge in [-0.1, -0.05) is 23.0 Å². The second kappa shape index (κ2) is 7.16. The molecule has 0 aromatic carbocycles. The van der Waals surface area contributed by atoms with E-state index in [4.69, 9.17) is 4.52 Å². The Morgan fingerprint density at radius 3 is 2.84 bits per heavy atom. The van der Waals surface area contributed by atoms with Gasteiger partial charge in [0.2, 0.25) is 11.7 Å². The topological polar surface area (TPSA) is 82.5 Å². The molecule has 0 atom stereocenters. The molecular weight excluding hydrogens is 356 g/mol. The van der Waals surface area contributed by atoms with E-state index < -0.39 is 0 Å². The van der Waals surface area contributed by atoms with E-state index in [2.05, 4.69) is 36.8 Å². The van der Waals surface area contributed by atoms with Gasteiger partial charge in [-0.25, -0.2) is 0 Å². The number of hydrogen-bond acceptors (Lipinski definition) is 8. The average Bonchev–Trinajstić information content (AvgIpc) is 3.39. The Morgan fingerprint density at radius 1 is 1.20 bits per heavy atom. The zero-order valence-electron chi connectivity index (χ0n) is 13.4. The third-order valence-electron chi connectivity index (χ3n) is 3.51. The largest absolute Gasteiger partial charge is 0.338 e. The predicted molar refractivity (Wildman–Crippen MR) is 96.1 cm³/mol. The molecule has 0 radical (unpaired) electrons. The lowest BCUT2D eigenvalue weighted by atomic mass is 10.2. The van der Waals surface area contributed by atoms with Crippen molar-refractivity contribution in [3.05, 3.63) is 47.9 Å². The zero-order chi connectivity index (χ0) is 17.1. The summed E-state index contributed by atoms with van der Waals surface area (Å²) in [5, 5.41) is 15.5. The van der Waals surface area contributed by atoms with Crippen LogP contribution in [0.3, 0.4) is 0 Å². The summed E-state index contributed by atoms with van der Waals surface area (Å²) in [5.74, 6) is 2.58. The first-order chi connectivity index (χ1) is 12.3. The third-order valence-corrected chi connectivity index (χ3v) is 5.32. The molecule has 0 saturated heterocycles. The van der Waals surface area contributed by atoms with Gasteiger partial charge in [0.25, 0.3) is 0 Å². The first kappa shape index (κ1) is 16.0. The maximum atomic E-state index is 5.33. The van der Waals surface area contributed by atoms with Crippen molar-refractivity contribution in [2.75, 3.05) is 0 Å². The Bertz CT molecular complexity index is 948. The minimum absolute atomic E-state index is 0.548. The van der Waals surface area contributed by atoms with Crippen molar-refractivity contribution in [3.63, 3.8) is 0 Å². The van der Waals surface area contributed by atoms with Crippen molar-refractivity contribution < 1.29 is 4.52 Å². The van der Waals surface area contributed by atoms with Crippen molar-refractivity contribution >= 4 is 23.1 Å². The summed E-state index contributed by atoms with van der Waals surface area (Å²) in [6.45, 7) is 2.84. The summed E-state index contributed by atoms with van der Waals surface area (Å²) in [6, 6.07) is 7.79.